The SMILES string of the molecule is COP(=O)([O-])C(NC(=O)OCc1ccccc1)C(F)(F)F.[Na+]. The van der Waals surface area contributed by atoms with Gasteiger partial charge in [0.05, 0.1) is 0 Å². The fraction of sp³-hybridized carbons (Fsp3) is 0.364. The maximum absolute atomic E-state index is 12.6. The molecule has 0 aromatic heterocycles. The predicted molar refractivity (Wildman–Crippen MR) is 64.2 cm³/mol. The van der Waals surface area contributed by atoms with Gasteiger partial charge in [-0.15, -0.1) is 0 Å². The fourth-order valence-corrected chi connectivity index (χ4v) is 2.15. The molecule has 0 saturated heterocycles. The first kappa shape index (κ1) is 21.4. The number of nitrogens with one attached hydrogen (secondary N) is 1. The second kappa shape index (κ2) is 8.90. The maximum Gasteiger partial charge on any atom is 1.00 e. The van der Waals surface area contributed by atoms with E-state index in [1.807, 2.05) is 0 Å². The molecule has 0 heterocycles. The first-order valence-corrected chi connectivity index (χ1v) is 7.18. The summed E-state index contributed by atoms with van der Waals surface area (Å²) in [7, 11) is -4.77. The summed E-state index contributed by atoms with van der Waals surface area (Å²) in [6.07, 6.45) is -6.74. The second-order valence-electron chi connectivity index (χ2n) is 3.87. The Morgan fingerprint density at radius 2 is 1.91 bits per heavy atom. The summed E-state index contributed by atoms with van der Waals surface area (Å²) in [6.45, 7) is -0.298. The van der Waals surface area contributed by atoms with Crippen molar-refractivity contribution in [2.45, 2.75) is 18.6 Å². The van der Waals surface area contributed by atoms with Crippen molar-refractivity contribution in [2.75, 3.05) is 7.11 Å². The van der Waals surface area contributed by atoms with Crippen molar-refractivity contribution in [1.82, 2.24) is 5.32 Å². The van der Waals surface area contributed by atoms with Crippen molar-refractivity contribution < 1.29 is 66.2 Å². The first-order chi connectivity index (χ1) is 9.66. The summed E-state index contributed by atoms with van der Waals surface area (Å²) in [5.74, 6) is -3.17. The van der Waals surface area contributed by atoms with Crippen LogP contribution in [0, 0.1) is 0 Å². The van der Waals surface area contributed by atoms with Gasteiger partial charge in [0.25, 0.3) is 0 Å². The number of benzene rings is 1. The average Bonchev–Trinajstić information content (AvgIpc) is 2.42. The number of carbonyl (C=O) groups excluding carboxylic acids is 1. The van der Waals surface area contributed by atoms with Crippen molar-refractivity contribution in [2.24, 2.45) is 0 Å². The number of amides is 1. The van der Waals surface area contributed by atoms with E-state index in [0.29, 0.717) is 12.7 Å². The largest absolute Gasteiger partial charge is 1.00 e. The monoisotopic (exact) mass is 349 g/mol. The molecule has 0 radical (unpaired) electrons. The minimum Gasteiger partial charge on any atom is -0.777 e. The second-order valence-corrected chi connectivity index (χ2v) is 5.83. The molecule has 11 heteroatoms. The third kappa shape index (κ3) is 6.68. The van der Waals surface area contributed by atoms with E-state index >= 15 is 0 Å². The summed E-state index contributed by atoms with van der Waals surface area (Å²) in [6, 6.07) is 8.16. The number of ether oxygens (including phenoxy) is 1. The van der Waals surface area contributed by atoms with Crippen molar-refractivity contribution >= 4 is 13.7 Å². The predicted octanol–water partition coefficient (Wildman–Crippen LogP) is -0.995. The van der Waals surface area contributed by atoms with Crippen LogP contribution in [0.25, 0.3) is 0 Å². The normalized spacial score (nSPS) is 15.1. The Morgan fingerprint density at radius 3 is 2.36 bits per heavy atom. The number of alkyl halides is 3. The molecule has 6 nitrogen and oxygen atoms in total. The molecule has 0 aliphatic rings. The van der Waals surface area contributed by atoms with E-state index in [9.17, 15) is 27.4 Å². The number of carbonyl (C=O) groups is 1. The zero-order valence-corrected chi connectivity index (χ0v) is 14.7. The third-order valence-corrected chi connectivity index (χ3v) is 3.91. The summed E-state index contributed by atoms with van der Waals surface area (Å²) >= 11 is 0. The Balaban J connectivity index is 0.00000441. The van der Waals surface area contributed by atoms with Crippen LogP contribution in [0.15, 0.2) is 30.3 Å². The van der Waals surface area contributed by atoms with Crippen LogP contribution in [0.3, 0.4) is 0 Å². The van der Waals surface area contributed by atoms with Gasteiger partial charge < -0.3 is 24.0 Å². The number of rotatable bonds is 5. The van der Waals surface area contributed by atoms with Gasteiger partial charge in [0.1, 0.15) is 6.61 Å². The van der Waals surface area contributed by atoms with Gasteiger partial charge in [-0.3, -0.25) is 0 Å². The Kier molecular flexibility index (Phi) is 8.67. The molecule has 2 unspecified atom stereocenters. The van der Waals surface area contributed by atoms with Gasteiger partial charge in [-0.05, 0) is 5.56 Å². The maximum atomic E-state index is 12.6. The molecule has 0 bridgehead atoms. The fourth-order valence-electron chi connectivity index (χ4n) is 1.32. The van der Waals surface area contributed by atoms with E-state index in [1.165, 1.54) is 5.32 Å². The Labute approximate surface area is 146 Å². The van der Waals surface area contributed by atoms with Gasteiger partial charge >= 0.3 is 41.8 Å². The molecule has 22 heavy (non-hydrogen) atoms. The molecule has 1 N–H and O–H groups in total. The molecule has 0 spiro atoms. The molecule has 118 valence electrons. The van der Waals surface area contributed by atoms with E-state index in [-0.39, 0.29) is 36.2 Å². The molecule has 0 aliphatic carbocycles. The van der Waals surface area contributed by atoms with Crippen molar-refractivity contribution in [3.05, 3.63) is 35.9 Å². The van der Waals surface area contributed by atoms with Crippen LogP contribution >= 0.6 is 7.60 Å². The van der Waals surface area contributed by atoms with E-state index in [0.717, 1.165) is 0 Å². The van der Waals surface area contributed by atoms with Crippen LogP contribution in [0.1, 0.15) is 5.56 Å². The van der Waals surface area contributed by atoms with Crippen LogP contribution in [0.5, 0.6) is 0 Å². The smallest absolute Gasteiger partial charge is 0.777 e. The van der Waals surface area contributed by atoms with Gasteiger partial charge in [0.15, 0.2) is 13.4 Å². The number of hydrogen-bond acceptors (Lipinski definition) is 5. The first-order valence-electron chi connectivity index (χ1n) is 5.57. The Hall–Kier alpha value is -0.570. The van der Waals surface area contributed by atoms with Crippen LogP contribution in [0.4, 0.5) is 18.0 Å². The third-order valence-electron chi connectivity index (χ3n) is 2.35. The minimum atomic E-state index is -5.34. The summed E-state index contributed by atoms with van der Waals surface area (Å²) in [5, 5.41) is 1.23. The van der Waals surface area contributed by atoms with Crippen LogP contribution in [-0.2, 0) is 20.4 Å². The summed E-state index contributed by atoms with van der Waals surface area (Å²) < 4.78 is 57.3. The molecule has 1 amide bonds. The van der Waals surface area contributed by atoms with Crippen LogP contribution in [0.2, 0.25) is 0 Å². The van der Waals surface area contributed by atoms with Crippen LogP contribution < -0.4 is 39.8 Å². The molecular weight excluding hydrogens is 337 g/mol. The number of hydrogen-bond donors (Lipinski definition) is 1. The minimum absolute atomic E-state index is 0. The van der Waals surface area contributed by atoms with Crippen molar-refractivity contribution in [3.8, 4) is 0 Å². The molecule has 1 aromatic rings. The quantitative estimate of drug-likeness (QED) is 0.545. The number of halogens is 3. The van der Waals surface area contributed by atoms with Gasteiger partial charge in [-0.2, -0.15) is 13.2 Å². The standard InChI is InChI=1S/C11H13F3NO5P.Na/c1-19-21(17,18)9(11(12,13)14)15-10(16)20-7-8-5-3-2-4-6-8;/h2-6,9H,7H2,1H3,(H,15,16)(H,17,18);/q;+1/p-1. The van der Waals surface area contributed by atoms with Gasteiger partial charge in [0.2, 0.25) is 0 Å². The van der Waals surface area contributed by atoms with Gasteiger partial charge in [-0.1, -0.05) is 30.3 Å². The van der Waals surface area contributed by atoms with E-state index in [4.69, 9.17) is 0 Å². The van der Waals surface area contributed by atoms with Crippen molar-refractivity contribution in [3.63, 3.8) is 0 Å². The van der Waals surface area contributed by atoms with E-state index in [1.54, 1.807) is 30.3 Å². The van der Waals surface area contributed by atoms with E-state index in [2.05, 4.69) is 9.26 Å². The van der Waals surface area contributed by atoms with E-state index < -0.39 is 25.6 Å². The van der Waals surface area contributed by atoms with Gasteiger partial charge in [-0.25, -0.2) is 4.79 Å². The zero-order valence-electron chi connectivity index (χ0n) is 11.8. The summed E-state index contributed by atoms with van der Waals surface area (Å²) in [5.41, 5.74) is 0.535. The van der Waals surface area contributed by atoms with Crippen LogP contribution in [-0.4, -0.2) is 25.2 Å². The average molecular weight is 349 g/mol. The zero-order chi connectivity index (χ0) is 16.1. The Bertz CT molecular complexity index is 528. The number of alkyl carbamates (subject to hydrolysis) is 1. The van der Waals surface area contributed by atoms with Crippen molar-refractivity contribution in [1.29, 1.82) is 0 Å². The topological polar surface area (TPSA) is 87.7 Å². The van der Waals surface area contributed by atoms with Gasteiger partial charge in [0, 0.05) is 7.11 Å². The molecule has 0 fully saturated rings. The Morgan fingerprint density at radius 1 is 1.36 bits per heavy atom. The summed E-state index contributed by atoms with van der Waals surface area (Å²) in [4.78, 5) is 22.5. The molecule has 2 atom stereocenters. The molecule has 0 aliphatic heterocycles. The molecular formula is C11H12F3NNaO5P. The molecule has 1 aromatic carbocycles. The molecule has 1 rings (SSSR count). The molecule has 0 saturated carbocycles.